The molecule has 3 nitrogen and oxygen atoms in total. The molecular weight excluding hydrogens is 276 g/mol. The topological polar surface area (TPSA) is 35.5 Å². The standard InChI is InChI=1S/C4H10O3P.CBrF3/c1-3-6-8(5)7-4-2;2-1(3,4)5/h3-4H2,1-2H3;/q+1;. The van der Waals surface area contributed by atoms with Crippen LogP contribution in [0.3, 0.4) is 0 Å². The molecule has 0 bridgehead atoms. The Bertz CT molecular complexity index is 127. The van der Waals surface area contributed by atoms with Crippen molar-refractivity contribution in [2.45, 2.75) is 18.9 Å². The lowest BCUT2D eigenvalue weighted by Crippen LogP contribution is -1.88. The molecule has 0 saturated heterocycles. The second-order valence-corrected chi connectivity index (χ2v) is 3.35. The molecule has 0 rings (SSSR count). The van der Waals surface area contributed by atoms with Crippen LogP contribution in [0.25, 0.3) is 0 Å². The number of halogens is 4. The number of rotatable bonds is 4. The minimum Gasteiger partial charge on any atom is -0.160 e. The number of hydrogen-bond acceptors (Lipinski definition) is 3. The Morgan fingerprint density at radius 1 is 1.23 bits per heavy atom. The summed E-state index contributed by atoms with van der Waals surface area (Å²) in [4.78, 5) is 0. The third kappa shape index (κ3) is 32.9. The lowest BCUT2D eigenvalue weighted by Gasteiger charge is -1.85. The fraction of sp³-hybridized carbons (Fsp3) is 1.00. The van der Waals surface area contributed by atoms with E-state index in [2.05, 4.69) is 9.05 Å². The summed E-state index contributed by atoms with van der Waals surface area (Å²) in [5, 5.41) is -4.19. The van der Waals surface area contributed by atoms with Gasteiger partial charge in [-0.05, 0) is 13.8 Å². The van der Waals surface area contributed by atoms with Crippen molar-refractivity contribution >= 4 is 24.2 Å². The molecule has 0 aromatic carbocycles. The van der Waals surface area contributed by atoms with Gasteiger partial charge in [-0.25, -0.2) is 0 Å². The van der Waals surface area contributed by atoms with Gasteiger partial charge in [-0.2, -0.15) is 13.2 Å². The Kier molecular flexibility index (Phi) is 10.7. The molecule has 0 spiro atoms. The van der Waals surface area contributed by atoms with Crippen molar-refractivity contribution < 1.29 is 26.8 Å². The largest absolute Gasteiger partial charge is 0.697 e. The summed E-state index contributed by atoms with van der Waals surface area (Å²) in [6.45, 7) is 4.42. The van der Waals surface area contributed by atoms with Crippen LogP contribution in [0.1, 0.15) is 13.8 Å². The van der Waals surface area contributed by atoms with Gasteiger partial charge in [0, 0.05) is 20.5 Å². The molecule has 0 heterocycles. The zero-order valence-corrected chi connectivity index (χ0v) is 9.58. The van der Waals surface area contributed by atoms with Crippen LogP contribution in [-0.2, 0) is 13.6 Å². The first-order chi connectivity index (χ1) is 5.81. The second kappa shape index (κ2) is 8.87. The molecule has 0 saturated carbocycles. The van der Waals surface area contributed by atoms with Crippen LogP contribution in [0.2, 0.25) is 0 Å². The Labute approximate surface area is 83.7 Å². The first kappa shape index (κ1) is 15.7. The van der Waals surface area contributed by atoms with E-state index in [4.69, 9.17) is 0 Å². The molecule has 0 fully saturated rings. The van der Waals surface area contributed by atoms with Crippen LogP contribution in [0, 0.1) is 0 Å². The number of hydrogen-bond donors (Lipinski definition) is 0. The molecule has 8 heteroatoms. The molecule has 0 atom stereocenters. The van der Waals surface area contributed by atoms with Crippen LogP contribution in [0.15, 0.2) is 0 Å². The molecule has 0 N–H and O–H groups in total. The minimum atomic E-state index is -4.19. The fourth-order valence-electron chi connectivity index (χ4n) is 0.248. The van der Waals surface area contributed by atoms with Crippen molar-refractivity contribution in [1.29, 1.82) is 0 Å². The van der Waals surface area contributed by atoms with E-state index in [1.54, 1.807) is 13.8 Å². The van der Waals surface area contributed by atoms with E-state index in [1.165, 1.54) is 15.9 Å². The maximum atomic E-state index is 10.3. The molecule has 0 aromatic heterocycles. The van der Waals surface area contributed by atoms with Crippen LogP contribution in [0.5, 0.6) is 0 Å². The summed E-state index contributed by atoms with van der Waals surface area (Å²) in [6.07, 6.45) is 0. The van der Waals surface area contributed by atoms with Gasteiger partial charge in [0.1, 0.15) is 13.2 Å². The number of alkyl halides is 4. The van der Waals surface area contributed by atoms with Gasteiger partial charge in [0.05, 0.1) is 0 Å². The first-order valence-electron chi connectivity index (χ1n) is 3.30. The summed E-state index contributed by atoms with van der Waals surface area (Å²) in [5.74, 6) is 0. The van der Waals surface area contributed by atoms with Crippen molar-refractivity contribution in [3.8, 4) is 0 Å². The summed E-state index contributed by atoms with van der Waals surface area (Å²) < 4.78 is 50.3. The van der Waals surface area contributed by atoms with Gasteiger partial charge in [0.2, 0.25) is 0 Å². The average Bonchev–Trinajstić information content (AvgIpc) is 1.84. The SMILES string of the molecule is CCO[P+](=O)OCC.FC(F)(F)Br. The lowest BCUT2D eigenvalue weighted by molar-refractivity contribution is -0.0245. The molecule has 0 radical (unpaired) electrons. The Morgan fingerprint density at radius 3 is 1.62 bits per heavy atom. The maximum Gasteiger partial charge on any atom is 0.697 e. The molecule has 13 heavy (non-hydrogen) atoms. The van der Waals surface area contributed by atoms with Crippen LogP contribution in [-0.4, -0.2) is 18.3 Å². The van der Waals surface area contributed by atoms with Crippen molar-refractivity contribution in [2.75, 3.05) is 13.2 Å². The van der Waals surface area contributed by atoms with E-state index in [9.17, 15) is 17.7 Å². The Balaban J connectivity index is 0. The molecule has 80 valence electrons. The van der Waals surface area contributed by atoms with Gasteiger partial charge in [-0.3, -0.25) is 0 Å². The van der Waals surface area contributed by atoms with Crippen molar-refractivity contribution in [1.82, 2.24) is 0 Å². The smallest absolute Gasteiger partial charge is 0.160 e. The van der Waals surface area contributed by atoms with Gasteiger partial charge in [0.15, 0.2) is 0 Å². The molecule has 0 unspecified atom stereocenters. The van der Waals surface area contributed by atoms with Gasteiger partial charge in [-0.1, -0.05) is 0 Å². The van der Waals surface area contributed by atoms with Crippen LogP contribution < -0.4 is 0 Å². The van der Waals surface area contributed by atoms with Gasteiger partial charge >= 0.3 is 13.3 Å². The molecular formula is C5H10BrF3O3P+. The van der Waals surface area contributed by atoms with Crippen LogP contribution >= 0.6 is 24.2 Å². The highest BCUT2D eigenvalue weighted by molar-refractivity contribution is 9.09. The summed E-state index contributed by atoms with van der Waals surface area (Å²) in [7, 11) is -1.83. The van der Waals surface area contributed by atoms with Crippen LogP contribution in [0.4, 0.5) is 13.2 Å². The monoisotopic (exact) mass is 285 g/mol. The average molecular weight is 286 g/mol. The van der Waals surface area contributed by atoms with Gasteiger partial charge in [0.25, 0.3) is 0 Å². The molecule has 0 aliphatic rings. The Morgan fingerprint density at radius 2 is 1.46 bits per heavy atom. The van der Waals surface area contributed by atoms with Gasteiger partial charge < -0.3 is 0 Å². The van der Waals surface area contributed by atoms with E-state index in [0.29, 0.717) is 13.2 Å². The van der Waals surface area contributed by atoms with E-state index < -0.39 is 13.3 Å². The van der Waals surface area contributed by atoms with Crippen molar-refractivity contribution in [3.05, 3.63) is 0 Å². The maximum absolute atomic E-state index is 10.3. The molecule has 0 aliphatic carbocycles. The molecule has 0 amide bonds. The zero-order valence-electron chi connectivity index (χ0n) is 7.10. The van der Waals surface area contributed by atoms with E-state index in [-0.39, 0.29) is 0 Å². The third-order valence-electron chi connectivity index (χ3n) is 0.469. The summed E-state index contributed by atoms with van der Waals surface area (Å²) in [6, 6.07) is 0. The zero-order chi connectivity index (χ0) is 10.9. The van der Waals surface area contributed by atoms with E-state index in [0.717, 1.165) is 0 Å². The van der Waals surface area contributed by atoms with E-state index in [1.807, 2.05) is 0 Å². The van der Waals surface area contributed by atoms with Crippen molar-refractivity contribution in [2.24, 2.45) is 0 Å². The second-order valence-electron chi connectivity index (χ2n) is 1.49. The summed E-state index contributed by atoms with van der Waals surface area (Å²) in [5.41, 5.74) is 0. The molecule has 0 aliphatic heterocycles. The predicted molar refractivity (Wildman–Crippen MR) is 45.8 cm³/mol. The van der Waals surface area contributed by atoms with Gasteiger partial charge in [-0.15, -0.1) is 9.05 Å². The fourth-order valence-corrected chi connectivity index (χ4v) is 0.744. The third-order valence-corrected chi connectivity index (χ3v) is 1.41. The predicted octanol–water partition coefficient (Wildman–Crippen LogP) is 3.62. The normalized spacial score (nSPS) is 10.3. The van der Waals surface area contributed by atoms with Crippen molar-refractivity contribution in [3.63, 3.8) is 0 Å². The minimum absolute atomic E-state index is 0.440. The highest BCUT2D eigenvalue weighted by atomic mass is 79.9. The molecule has 0 aromatic rings. The lowest BCUT2D eigenvalue weighted by atomic mass is 10.9. The quantitative estimate of drug-likeness (QED) is 0.585. The Hall–Kier alpha value is 0.290. The highest BCUT2D eigenvalue weighted by Gasteiger charge is 2.19. The first-order valence-corrected chi connectivity index (χ1v) is 5.18. The van der Waals surface area contributed by atoms with E-state index >= 15 is 0 Å². The summed E-state index contributed by atoms with van der Waals surface area (Å²) >= 11 is 1.38. The highest BCUT2D eigenvalue weighted by Crippen LogP contribution is 2.22.